The zero-order valence-corrected chi connectivity index (χ0v) is 17.1. The fraction of sp³-hybridized carbons (Fsp3) is 0.478. The summed E-state index contributed by atoms with van der Waals surface area (Å²) in [6.07, 6.45) is 4.50. The van der Waals surface area contributed by atoms with Crippen LogP contribution >= 0.6 is 0 Å². The Bertz CT molecular complexity index is 785. The smallest absolute Gasteiger partial charge is 0.251 e. The number of benzene rings is 1. The van der Waals surface area contributed by atoms with Gasteiger partial charge in [-0.2, -0.15) is 0 Å². The number of hydrogen-bond acceptors (Lipinski definition) is 3. The lowest BCUT2D eigenvalue weighted by molar-refractivity contribution is -0.117. The van der Waals surface area contributed by atoms with Gasteiger partial charge < -0.3 is 15.4 Å². The average molecular weight is 383 g/mol. The Morgan fingerprint density at radius 2 is 1.82 bits per heavy atom. The van der Waals surface area contributed by atoms with Crippen molar-refractivity contribution < 1.29 is 14.3 Å². The molecular weight excluding hydrogens is 352 g/mol. The zero-order valence-electron chi connectivity index (χ0n) is 17.1. The molecule has 2 N–H and O–H groups in total. The van der Waals surface area contributed by atoms with Gasteiger partial charge in [-0.05, 0) is 37.8 Å². The fourth-order valence-corrected chi connectivity index (χ4v) is 3.84. The third kappa shape index (κ3) is 4.90. The monoisotopic (exact) mass is 382 g/mol. The third-order valence-electron chi connectivity index (χ3n) is 5.61. The highest BCUT2D eigenvalue weighted by Gasteiger charge is 2.54. The van der Waals surface area contributed by atoms with Gasteiger partial charge in [0.25, 0.3) is 5.91 Å². The first-order valence-corrected chi connectivity index (χ1v) is 9.95. The number of likely N-dealkylation sites (N-methyl/N-ethyl adjacent to an activating group) is 1. The number of aryl methyl sites for hydroxylation is 1. The maximum Gasteiger partial charge on any atom is 0.251 e. The van der Waals surface area contributed by atoms with Crippen LogP contribution in [0.15, 0.2) is 47.6 Å². The number of amides is 2. The molecule has 3 unspecified atom stereocenters. The normalized spacial score (nSPS) is 25.1. The molecule has 2 aliphatic rings. The van der Waals surface area contributed by atoms with Gasteiger partial charge in [0.05, 0.1) is 13.2 Å². The van der Waals surface area contributed by atoms with E-state index >= 15 is 0 Å². The van der Waals surface area contributed by atoms with E-state index < -0.39 is 0 Å². The summed E-state index contributed by atoms with van der Waals surface area (Å²) in [4.78, 5) is 24.8. The molecule has 2 amide bonds. The summed E-state index contributed by atoms with van der Waals surface area (Å²) in [5, 5.41) is 5.74. The number of nitrogens with one attached hydrogen (secondary N) is 2. The molecule has 1 aromatic carbocycles. The minimum absolute atomic E-state index is 0.113. The van der Waals surface area contributed by atoms with Crippen LogP contribution in [0.4, 0.5) is 0 Å². The molecule has 0 aromatic heterocycles. The van der Waals surface area contributed by atoms with Crippen LogP contribution in [0.2, 0.25) is 0 Å². The van der Waals surface area contributed by atoms with Crippen LogP contribution in [-0.2, 0) is 20.7 Å². The van der Waals surface area contributed by atoms with E-state index in [9.17, 15) is 9.59 Å². The highest BCUT2D eigenvalue weighted by Crippen LogP contribution is 2.44. The topological polar surface area (TPSA) is 67.4 Å². The number of hydrogen-bond donors (Lipinski definition) is 2. The van der Waals surface area contributed by atoms with Crippen LogP contribution in [0.5, 0.6) is 0 Å². The second-order valence-electron chi connectivity index (χ2n) is 8.06. The van der Waals surface area contributed by atoms with Crippen molar-refractivity contribution in [2.24, 2.45) is 17.8 Å². The molecule has 3 atom stereocenters. The van der Waals surface area contributed by atoms with E-state index in [0.717, 1.165) is 19.6 Å². The van der Waals surface area contributed by atoms with Gasteiger partial charge >= 0.3 is 0 Å². The molecule has 150 valence electrons. The van der Waals surface area contributed by atoms with Crippen molar-refractivity contribution >= 4 is 11.8 Å². The molecule has 1 saturated carbocycles. The lowest BCUT2D eigenvalue weighted by Crippen LogP contribution is -2.31. The Morgan fingerprint density at radius 1 is 1.18 bits per heavy atom. The van der Waals surface area contributed by atoms with E-state index in [-0.39, 0.29) is 23.8 Å². The van der Waals surface area contributed by atoms with Gasteiger partial charge in [-0.3, -0.25) is 9.59 Å². The third-order valence-corrected chi connectivity index (χ3v) is 5.61. The fourth-order valence-electron chi connectivity index (χ4n) is 3.84. The maximum absolute atomic E-state index is 12.9. The second-order valence-corrected chi connectivity index (χ2v) is 8.06. The Labute approximate surface area is 167 Å². The van der Waals surface area contributed by atoms with Crippen molar-refractivity contribution in [3.05, 3.63) is 58.7 Å². The van der Waals surface area contributed by atoms with E-state index in [1.54, 1.807) is 20.0 Å². The van der Waals surface area contributed by atoms with Gasteiger partial charge in [-0.1, -0.05) is 42.8 Å². The number of ether oxygens (including phenoxy) is 1. The molecule has 1 aromatic rings. The summed E-state index contributed by atoms with van der Waals surface area (Å²) in [6.45, 7) is 7.34. The molecule has 0 radical (unpaired) electrons. The molecule has 28 heavy (non-hydrogen) atoms. The van der Waals surface area contributed by atoms with Gasteiger partial charge in [0, 0.05) is 36.1 Å². The summed E-state index contributed by atoms with van der Waals surface area (Å²) in [5.41, 5.74) is 3.53. The van der Waals surface area contributed by atoms with E-state index in [4.69, 9.17) is 4.74 Å². The molecular formula is C23H30N2O3. The lowest BCUT2D eigenvalue weighted by atomic mass is 9.97. The van der Waals surface area contributed by atoms with Crippen molar-refractivity contribution in [1.82, 2.24) is 10.6 Å². The molecule has 0 bridgehead atoms. The number of fused-ring (bicyclic) bond motifs is 1. The minimum Gasteiger partial charge on any atom is -0.381 e. The first kappa shape index (κ1) is 20.3. The number of carbonyl (C=O) groups is 2. The van der Waals surface area contributed by atoms with Crippen molar-refractivity contribution in [2.75, 3.05) is 20.3 Å². The largest absolute Gasteiger partial charge is 0.381 e. The lowest BCUT2D eigenvalue weighted by Gasteiger charge is -2.12. The highest BCUT2D eigenvalue weighted by atomic mass is 16.5. The first-order valence-electron chi connectivity index (χ1n) is 9.95. The molecule has 1 aliphatic carbocycles. The molecule has 1 heterocycles. The van der Waals surface area contributed by atoms with Crippen LogP contribution in [0.1, 0.15) is 25.0 Å². The van der Waals surface area contributed by atoms with Crippen LogP contribution in [0.25, 0.3) is 0 Å². The summed E-state index contributed by atoms with van der Waals surface area (Å²) >= 11 is 0. The molecule has 5 nitrogen and oxygen atoms in total. The molecule has 1 saturated heterocycles. The minimum atomic E-state index is -0.179. The quantitative estimate of drug-likeness (QED) is 0.563. The summed E-state index contributed by atoms with van der Waals surface area (Å²) < 4.78 is 5.40. The van der Waals surface area contributed by atoms with Crippen LogP contribution < -0.4 is 10.6 Å². The number of allylic oxidation sites excluding steroid dienone is 1. The maximum atomic E-state index is 12.9. The van der Waals surface area contributed by atoms with Crippen LogP contribution in [-0.4, -0.2) is 38.1 Å². The molecule has 0 spiro atoms. The van der Waals surface area contributed by atoms with Gasteiger partial charge in [0.1, 0.15) is 0 Å². The highest BCUT2D eigenvalue weighted by molar-refractivity contribution is 6.00. The molecule has 3 rings (SSSR count). The van der Waals surface area contributed by atoms with Gasteiger partial charge in [-0.15, -0.1) is 0 Å². The predicted octanol–water partition coefficient (Wildman–Crippen LogP) is 2.55. The Balaban J connectivity index is 1.73. The second kappa shape index (κ2) is 8.74. The Morgan fingerprint density at radius 3 is 2.43 bits per heavy atom. The SMILES string of the molecule is CNC(=O)/C(C)=C/C(=C\C(C)Cc1ccc(C)cc1)C(=O)NC1C2COCC21. The van der Waals surface area contributed by atoms with Crippen molar-refractivity contribution in [2.45, 2.75) is 33.2 Å². The summed E-state index contributed by atoms with van der Waals surface area (Å²) in [6, 6.07) is 8.64. The van der Waals surface area contributed by atoms with Gasteiger partial charge in [0.15, 0.2) is 0 Å². The Kier molecular flexibility index (Phi) is 6.35. The first-order chi connectivity index (χ1) is 13.4. The summed E-state index contributed by atoms with van der Waals surface area (Å²) in [5.74, 6) is 0.762. The molecule has 5 heteroatoms. The number of carbonyl (C=O) groups excluding carboxylic acids is 2. The van der Waals surface area contributed by atoms with Crippen LogP contribution in [0.3, 0.4) is 0 Å². The standard InChI is InChI=1S/C23H30N2O3/c1-14-5-7-17(8-6-14)9-15(2)10-18(11-16(3)22(26)24-4)23(27)25-21-19-12-28-13-20(19)21/h5-8,10-11,15,19-21H,9,12-13H2,1-4H3,(H,24,26)(H,25,27)/b16-11+,18-10+. The van der Waals surface area contributed by atoms with E-state index in [1.165, 1.54) is 11.1 Å². The summed E-state index contributed by atoms with van der Waals surface area (Å²) in [7, 11) is 1.59. The van der Waals surface area contributed by atoms with Crippen molar-refractivity contribution in [3.63, 3.8) is 0 Å². The average Bonchev–Trinajstić information content (AvgIpc) is 3.09. The molecule has 1 aliphatic heterocycles. The zero-order chi connectivity index (χ0) is 20.3. The van der Waals surface area contributed by atoms with E-state index in [0.29, 0.717) is 23.0 Å². The van der Waals surface area contributed by atoms with Crippen molar-refractivity contribution in [1.29, 1.82) is 0 Å². The van der Waals surface area contributed by atoms with Gasteiger partial charge in [0.2, 0.25) is 5.91 Å². The molecule has 2 fully saturated rings. The predicted molar refractivity (Wildman–Crippen MR) is 110 cm³/mol. The number of rotatable bonds is 7. The Hall–Kier alpha value is -2.40. The van der Waals surface area contributed by atoms with E-state index in [2.05, 4.69) is 48.7 Å². The van der Waals surface area contributed by atoms with Crippen molar-refractivity contribution in [3.8, 4) is 0 Å². The van der Waals surface area contributed by atoms with E-state index in [1.807, 2.05) is 6.08 Å². The van der Waals surface area contributed by atoms with Crippen LogP contribution in [0, 0.1) is 24.7 Å². The van der Waals surface area contributed by atoms with Gasteiger partial charge in [-0.25, -0.2) is 0 Å².